The van der Waals surface area contributed by atoms with Gasteiger partial charge in [-0.15, -0.1) is 0 Å². The van der Waals surface area contributed by atoms with E-state index in [2.05, 4.69) is 10.3 Å². The maximum Gasteiger partial charge on any atom is 0.170 e. The zero-order valence-electron chi connectivity index (χ0n) is 8.22. The van der Waals surface area contributed by atoms with Gasteiger partial charge in [-0.25, -0.2) is 0 Å². The van der Waals surface area contributed by atoms with E-state index in [4.69, 9.17) is 4.52 Å². The summed E-state index contributed by atoms with van der Waals surface area (Å²) >= 11 is 0. The molecule has 0 aliphatic heterocycles. The van der Waals surface area contributed by atoms with Gasteiger partial charge in [0.15, 0.2) is 5.76 Å². The molecule has 2 rings (SSSR count). The molecule has 15 heavy (non-hydrogen) atoms. The quantitative estimate of drug-likeness (QED) is 0.676. The summed E-state index contributed by atoms with van der Waals surface area (Å²) in [6.45, 7) is 1.80. The van der Waals surface area contributed by atoms with Crippen molar-refractivity contribution in [2.75, 3.05) is 0 Å². The molecule has 0 radical (unpaired) electrons. The second-order valence-electron chi connectivity index (χ2n) is 3.17. The van der Waals surface area contributed by atoms with Crippen LogP contribution in [0.5, 0.6) is 0 Å². The fourth-order valence-corrected chi connectivity index (χ4v) is 1.34. The van der Waals surface area contributed by atoms with Crippen LogP contribution in [0.2, 0.25) is 0 Å². The Morgan fingerprint density at radius 3 is 2.80 bits per heavy atom. The van der Waals surface area contributed by atoms with Crippen LogP contribution >= 0.6 is 0 Å². The van der Waals surface area contributed by atoms with Gasteiger partial charge < -0.3 is 14.4 Å². The molecule has 0 bridgehead atoms. The number of aryl methyl sites for hydroxylation is 2. The average molecular weight is 206 g/mol. The summed E-state index contributed by atoms with van der Waals surface area (Å²) in [5.41, 5.74) is 1.25. The first-order valence-corrected chi connectivity index (χ1v) is 4.26. The standard InChI is InChI=1S/C9H9N3O3/c1-5-6(4-12(2)10-5)8-3-7(9(13)14)11-15-8/h3-4H,1-2H3,(H,13,14)/p-1. The topological polar surface area (TPSA) is 84.0 Å². The molecule has 0 unspecified atom stereocenters. The number of aromatic carboxylic acids is 1. The van der Waals surface area contributed by atoms with Gasteiger partial charge in [0.1, 0.15) is 5.69 Å². The van der Waals surface area contributed by atoms with Gasteiger partial charge in [0.25, 0.3) is 0 Å². The second-order valence-corrected chi connectivity index (χ2v) is 3.17. The van der Waals surface area contributed by atoms with Gasteiger partial charge in [-0.3, -0.25) is 4.68 Å². The molecule has 78 valence electrons. The van der Waals surface area contributed by atoms with E-state index in [-0.39, 0.29) is 5.69 Å². The summed E-state index contributed by atoms with van der Waals surface area (Å²) in [4.78, 5) is 10.5. The van der Waals surface area contributed by atoms with Crippen molar-refractivity contribution in [1.82, 2.24) is 14.9 Å². The molecule has 0 saturated carbocycles. The number of aromatic nitrogens is 3. The van der Waals surface area contributed by atoms with Gasteiger partial charge >= 0.3 is 0 Å². The minimum Gasteiger partial charge on any atom is -0.543 e. The van der Waals surface area contributed by atoms with Crippen LogP contribution in [0.1, 0.15) is 16.2 Å². The first-order chi connectivity index (χ1) is 7.08. The number of hydrogen-bond donors (Lipinski definition) is 0. The predicted molar refractivity (Wildman–Crippen MR) is 47.8 cm³/mol. The Labute approximate surface area is 85.1 Å². The van der Waals surface area contributed by atoms with Gasteiger partial charge in [0.05, 0.1) is 17.2 Å². The summed E-state index contributed by atoms with van der Waals surface area (Å²) in [6, 6.07) is 1.32. The third-order valence-corrected chi connectivity index (χ3v) is 2.00. The highest BCUT2D eigenvalue weighted by Crippen LogP contribution is 2.22. The lowest BCUT2D eigenvalue weighted by atomic mass is 10.2. The van der Waals surface area contributed by atoms with Crippen LogP contribution in [0.3, 0.4) is 0 Å². The van der Waals surface area contributed by atoms with Gasteiger partial charge in [-0.2, -0.15) is 5.10 Å². The van der Waals surface area contributed by atoms with Crippen molar-refractivity contribution in [1.29, 1.82) is 0 Å². The molecule has 6 heteroatoms. The smallest absolute Gasteiger partial charge is 0.170 e. The molecule has 0 amide bonds. The Balaban J connectivity index is 2.45. The molecule has 0 aromatic carbocycles. The Bertz CT molecular complexity index is 512. The summed E-state index contributed by atoms with van der Waals surface area (Å²) in [7, 11) is 1.77. The molecular weight excluding hydrogens is 198 g/mol. The molecule has 2 heterocycles. The van der Waals surface area contributed by atoms with E-state index < -0.39 is 5.97 Å². The zero-order chi connectivity index (χ0) is 11.0. The lowest BCUT2D eigenvalue weighted by molar-refractivity contribution is -0.255. The molecular formula is C9H8N3O3-. The Kier molecular flexibility index (Phi) is 2.03. The second kappa shape index (κ2) is 3.23. The van der Waals surface area contributed by atoms with Gasteiger partial charge in [0, 0.05) is 19.3 Å². The molecule has 0 atom stereocenters. The summed E-state index contributed by atoms with van der Waals surface area (Å²) < 4.78 is 6.50. The molecule has 2 aromatic rings. The van der Waals surface area contributed by atoms with Gasteiger partial charge in [0.2, 0.25) is 0 Å². The number of nitrogens with zero attached hydrogens (tertiary/aromatic N) is 3. The first kappa shape index (κ1) is 9.45. The number of hydrogen-bond acceptors (Lipinski definition) is 5. The number of rotatable bonds is 2. The molecule has 2 aromatic heterocycles. The van der Waals surface area contributed by atoms with E-state index in [1.165, 1.54) is 6.07 Å². The number of carbonyl (C=O) groups is 1. The minimum atomic E-state index is -1.36. The molecule has 0 aliphatic carbocycles. The van der Waals surface area contributed by atoms with E-state index in [1.54, 1.807) is 24.9 Å². The van der Waals surface area contributed by atoms with Gasteiger partial charge in [-0.1, -0.05) is 5.16 Å². The van der Waals surface area contributed by atoms with Crippen LogP contribution in [-0.2, 0) is 7.05 Å². The maximum absolute atomic E-state index is 10.5. The maximum atomic E-state index is 10.5. The van der Waals surface area contributed by atoms with Crippen LogP contribution in [0, 0.1) is 6.92 Å². The lowest BCUT2D eigenvalue weighted by Gasteiger charge is -1.90. The van der Waals surface area contributed by atoms with E-state index in [0.717, 1.165) is 11.3 Å². The van der Waals surface area contributed by atoms with Gasteiger partial charge in [-0.05, 0) is 6.92 Å². The highest BCUT2D eigenvalue weighted by molar-refractivity contribution is 5.84. The fraction of sp³-hybridized carbons (Fsp3) is 0.222. The molecule has 0 spiro atoms. The normalized spacial score (nSPS) is 10.5. The number of carboxylic acid groups (broad SMARTS) is 1. The van der Waals surface area contributed by atoms with Crippen LogP contribution in [0.25, 0.3) is 11.3 Å². The van der Waals surface area contributed by atoms with E-state index in [9.17, 15) is 9.90 Å². The number of carbonyl (C=O) groups excluding carboxylic acids is 1. The van der Waals surface area contributed by atoms with E-state index in [0.29, 0.717) is 5.76 Å². The van der Waals surface area contributed by atoms with Crippen molar-refractivity contribution in [3.05, 3.63) is 23.7 Å². The van der Waals surface area contributed by atoms with Crippen molar-refractivity contribution in [3.8, 4) is 11.3 Å². The molecule has 0 saturated heterocycles. The third kappa shape index (κ3) is 1.61. The van der Waals surface area contributed by atoms with Crippen molar-refractivity contribution >= 4 is 5.97 Å². The average Bonchev–Trinajstić information content (AvgIpc) is 2.71. The Hall–Kier alpha value is -2.11. The fourth-order valence-electron chi connectivity index (χ4n) is 1.34. The van der Waals surface area contributed by atoms with Crippen molar-refractivity contribution in [2.24, 2.45) is 7.05 Å². The van der Waals surface area contributed by atoms with Crippen molar-refractivity contribution in [3.63, 3.8) is 0 Å². The Morgan fingerprint density at radius 2 is 2.33 bits per heavy atom. The molecule has 0 N–H and O–H groups in total. The lowest BCUT2D eigenvalue weighted by Crippen LogP contribution is -2.22. The van der Waals surface area contributed by atoms with Crippen LogP contribution < -0.4 is 5.11 Å². The monoisotopic (exact) mass is 206 g/mol. The van der Waals surface area contributed by atoms with Crippen molar-refractivity contribution < 1.29 is 14.4 Å². The third-order valence-electron chi connectivity index (χ3n) is 2.00. The summed E-state index contributed by atoms with van der Waals surface area (Å²) in [6.07, 6.45) is 1.73. The molecule has 0 fully saturated rings. The van der Waals surface area contributed by atoms with Crippen LogP contribution in [0.4, 0.5) is 0 Å². The Morgan fingerprint density at radius 1 is 1.60 bits per heavy atom. The summed E-state index contributed by atoms with van der Waals surface area (Å²) in [5.74, 6) is -0.980. The summed E-state index contributed by atoms with van der Waals surface area (Å²) in [5, 5.41) is 18.0. The zero-order valence-corrected chi connectivity index (χ0v) is 8.22. The first-order valence-electron chi connectivity index (χ1n) is 4.26. The highest BCUT2D eigenvalue weighted by atomic mass is 16.5. The van der Waals surface area contributed by atoms with Crippen LogP contribution in [-0.4, -0.2) is 20.9 Å². The molecule has 6 nitrogen and oxygen atoms in total. The molecule has 0 aliphatic rings. The number of carboxylic acids is 1. The largest absolute Gasteiger partial charge is 0.543 e. The van der Waals surface area contributed by atoms with Crippen LogP contribution in [0.15, 0.2) is 16.8 Å². The van der Waals surface area contributed by atoms with E-state index >= 15 is 0 Å². The highest BCUT2D eigenvalue weighted by Gasteiger charge is 2.12. The SMILES string of the molecule is Cc1nn(C)cc1-c1cc(C(=O)[O-])no1. The minimum absolute atomic E-state index is 0.215. The van der Waals surface area contributed by atoms with Crippen molar-refractivity contribution in [2.45, 2.75) is 6.92 Å². The predicted octanol–water partition coefficient (Wildman–Crippen LogP) is -0.253. The van der Waals surface area contributed by atoms with E-state index in [1.807, 2.05) is 0 Å².